The van der Waals surface area contributed by atoms with Gasteiger partial charge in [-0.15, -0.1) is 35.3 Å². The highest BCUT2D eigenvalue weighted by atomic mass is 127. The molecule has 3 aromatic rings. The van der Waals surface area contributed by atoms with E-state index in [9.17, 15) is 0 Å². The van der Waals surface area contributed by atoms with Crippen LogP contribution >= 0.6 is 35.3 Å². The van der Waals surface area contributed by atoms with Crippen LogP contribution in [0.3, 0.4) is 0 Å². The Balaban J connectivity index is 0.00000300. The van der Waals surface area contributed by atoms with E-state index in [1.54, 1.807) is 25.5 Å². The van der Waals surface area contributed by atoms with Gasteiger partial charge in [-0.1, -0.05) is 6.07 Å². The molecule has 0 amide bonds. The molecule has 9 heteroatoms. The van der Waals surface area contributed by atoms with Gasteiger partial charge in [0.1, 0.15) is 16.8 Å². The number of halogens is 1. The van der Waals surface area contributed by atoms with Crippen LogP contribution in [0, 0.1) is 6.92 Å². The minimum atomic E-state index is 0. The Morgan fingerprint density at radius 3 is 2.86 bits per heavy atom. The topological polar surface area (TPSA) is 67.0 Å². The van der Waals surface area contributed by atoms with Gasteiger partial charge in [-0.25, -0.2) is 9.97 Å². The second kappa shape index (κ2) is 10.9. The number of nitrogens with one attached hydrogen (secondary N) is 1. The third kappa shape index (κ3) is 5.89. The lowest BCUT2D eigenvalue weighted by molar-refractivity contribution is 0.119. The number of thiazole rings is 1. The second-order valence-electron chi connectivity index (χ2n) is 6.79. The Morgan fingerprint density at radius 2 is 2.17 bits per heavy atom. The van der Waals surface area contributed by atoms with Crippen molar-refractivity contribution in [1.29, 1.82) is 0 Å². The summed E-state index contributed by atoms with van der Waals surface area (Å²) >= 11 is 1.63. The highest BCUT2D eigenvalue weighted by Crippen LogP contribution is 2.20. The van der Waals surface area contributed by atoms with Gasteiger partial charge in [-0.2, -0.15) is 0 Å². The summed E-state index contributed by atoms with van der Waals surface area (Å²) in [5, 5.41) is 6.49. The van der Waals surface area contributed by atoms with Gasteiger partial charge in [0.05, 0.1) is 17.9 Å². The molecule has 1 unspecified atom stereocenters. The first-order valence-corrected chi connectivity index (χ1v) is 10.2. The number of rotatable bonds is 7. The van der Waals surface area contributed by atoms with Gasteiger partial charge in [-0.3, -0.25) is 4.99 Å². The van der Waals surface area contributed by atoms with Gasteiger partial charge in [0.15, 0.2) is 5.96 Å². The molecule has 0 aliphatic rings. The Morgan fingerprint density at radius 1 is 1.38 bits per heavy atom. The van der Waals surface area contributed by atoms with E-state index in [1.807, 2.05) is 26.2 Å². The zero-order valence-electron chi connectivity index (χ0n) is 17.5. The fourth-order valence-corrected chi connectivity index (χ4v) is 3.85. The molecule has 158 valence electrons. The van der Waals surface area contributed by atoms with Crippen molar-refractivity contribution in [2.75, 3.05) is 27.7 Å². The maximum Gasteiger partial charge on any atom is 0.193 e. The molecule has 0 aromatic carbocycles. The van der Waals surface area contributed by atoms with E-state index in [4.69, 9.17) is 9.72 Å². The van der Waals surface area contributed by atoms with Gasteiger partial charge in [-0.05, 0) is 25.5 Å². The number of aryl methyl sites for hydroxylation is 1. The summed E-state index contributed by atoms with van der Waals surface area (Å²) in [4.78, 5) is 15.8. The summed E-state index contributed by atoms with van der Waals surface area (Å²) in [6.07, 6.45) is 4.98. The Kier molecular flexibility index (Phi) is 8.84. The van der Waals surface area contributed by atoms with Crippen LogP contribution in [0.4, 0.5) is 0 Å². The van der Waals surface area contributed by atoms with Crippen molar-refractivity contribution >= 4 is 46.9 Å². The Hall–Kier alpha value is -1.72. The van der Waals surface area contributed by atoms with Crippen molar-refractivity contribution in [3.8, 4) is 0 Å². The van der Waals surface area contributed by atoms with E-state index >= 15 is 0 Å². The Labute approximate surface area is 193 Å². The van der Waals surface area contributed by atoms with E-state index < -0.39 is 0 Å². The number of ether oxygens (including phenoxy) is 1. The maximum atomic E-state index is 5.34. The molecule has 0 fully saturated rings. The third-order valence-corrected chi connectivity index (χ3v) is 5.69. The highest BCUT2D eigenvalue weighted by Gasteiger charge is 2.13. The summed E-state index contributed by atoms with van der Waals surface area (Å²) < 4.78 is 7.41. The summed E-state index contributed by atoms with van der Waals surface area (Å²) in [7, 11) is 5.52. The number of pyridine rings is 1. The summed E-state index contributed by atoms with van der Waals surface area (Å²) in [5.41, 5.74) is 4.29. The lowest BCUT2D eigenvalue weighted by atomic mass is 10.3. The molecule has 0 spiro atoms. The van der Waals surface area contributed by atoms with Crippen molar-refractivity contribution in [2.24, 2.45) is 4.99 Å². The van der Waals surface area contributed by atoms with E-state index in [1.165, 1.54) is 5.56 Å². The average Bonchev–Trinajstić information content (AvgIpc) is 3.32. The van der Waals surface area contributed by atoms with Gasteiger partial charge < -0.3 is 19.4 Å². The predicted octanol–water partition coefficient (Wildman–Crippen LogP) is 3.67. The van der Waals surface area contributed by atoms with Crippen molar-refractivity contribution < 1.29 is 4.74 Å². The van der Waals surface area contributed by atoms with Crippen LogP contribution in [0.2, 0.25) is 0 Å². The van der Waals surface area contributed by atoms with Gasteiger partial charge in [0.25, 0.3) is 0 Å². The van der Waals surface area contributed by atoms with Crippen LogP contribution < -0.4 is 5.32 Å². The van der Waals surface area contributed by atoms with E-state index in [0.717, 1.165) is 41.0 Å². The summed E-state index contributed by atoms with van der Waals surface area (Å²) in [6, 6.07) is 4.12. The van der Waals surface area contributed by atoms with Gasteiger partial charge in [0.2, 0.25) is 0 Å². The van der Waals surface area contributed by atoms with Crippen LogP contribution in [-0.2, 0) is 17.7 Å². The van der Waals surface area contributed by atoms with E-state index in [0.29, 0.717) is 6.54 Å². The van der Waals surface area contributed by atoms with Crippen LogP contribution in [0.25, 0.3) is 5.65 Å². The lowest BCUT2D eigenvalue weighted by Crippen LogP contribution is -2.39. The standard InChI is InChI=1S/C20H28N6OS.HI/c1-14-7-6-10-26-12-16(23-18(14)26)8-9-22-20(21-3)25(4)11-17-13-28-19(24-17)15(2)27-5;/h6-7,10,12-13,15H,8-9,11H2,1-5H3,(H,21,22);1H. The SMILES string of the molecule is CN=C(NCCc1cn2cccc(C)c2n1)N(C)Cc1csc(C(C)OC)n1.I. The van der Waals surface area contributed by atoms with Gasteiger partial charge >= 0.3 is 0 Å². The number of imidazole rings is 1. The molecule has 3 heterocycles. The van der Waals surface area contributed by atoms with Crippen molar-refractivity contribution in [3.63, 3.8) is 0 Å². The number of nitrogens with zero attached hydrogens (tertiary/aromatic N) is 5. The molecule has 0 aliphatic carbocycles. The highest BCUT2D eigenvalue weighted by molar-refractivity contribution is 14.0. The normalized spacial score (nSPS) is 12.7. The van der Waals surface area contributed by atoms with E-state index in [2.05, 4.69) is 49.2 Å². The molecule has 7 nitrogen and oxygen atoms in total. The number of guanidine groups is 1. The number of aromatic nitrogens is 3. The smallest absolute Gasteiger partial charge is 0.193 e. The monoisotopic (exact) mass is 528 g/mol. The lowest BCUT2D eigenvalue weighted by Gasteiger charge is -2.21. The van der Waals surface area contributed by atoms with Crippen LogP contribution in [-0.4, -0.2) is 53.0 Å². The molecular weight excluding hydrogens is 499 g/mol. The second-order valence-corrected chi connectivity index (χ2v) is 7.68. The zero-order valence-corrected chi connectivity index (χ0v) is 20.7. The Bertz CT molecular complexity index is 954. The van der Waals surface area contributed by atoms with Crippen LogP contribution in [0.15, 0.2) is 34.9 Å². The van der Waals surface area contributed by atoms with Crippen molar-refractivity contribution in [3.05, 3.63) is 51.9 Å². The van der Waals surface area contributed by atoms with Crippen molar-refractivity contribution in [2.45, 2.75) is 32.9 Å². The van der Waals surface area contributed by atoms with Crippen LogP contribution in [0.1, 0.15) is 35.0 Å². The van der Waals surface area contributed by atoms with Crippen molar-refractivity contribution in [1.82, 2.24) is 24.6 Å². The first-order chi connectivity index (χ1) is 13.5. The number of aliphatic imine (C=N–C) groups is 1. The molecule has 1 atom stereocenters. The minimum absolute atomic E-state index is 0. The molecule has 29 heavy (non-hydrogen) atoms. The largest absolute Gasteiger partial charge is 0.375 e. The summed E-state index contributed by atoms with van der Waals surface area (Å²) in [6.45, 7) is 5.55. The first kappa shape index (κ1) is 23.6. The van der Waals surface area contributed by atoms with Gasteiger partial charge in [0, 0.05) is 51.9 Å². The number of hydrogen-bond acceptors (Lipinski definition) is 5. The summed E-state index contributed by atoms with van der Waals surface area (Å²) in [5.74, 6) is 0.842. The maximum absolute atomic E-state index is 5.34. The zero-order chi connectivity index (χ0) is 20.1. The average molecular weight is 528 g/mol. The molecule has 0 bridgehead atoms. The quantitative estimate of drug-likeness (QED) is 0.288. The molecule has 0 aliphatic heterocycles. The molecule has 0 radical (unpaired) electrons. The predicted molar refractivity (Wildman–Crippen MR) is 129 cm³/mol. The number of methoxy groups -OCH3 is 1. The first-order valence-electron chi connectivity index (χ1n) is 9.34. The molecular formula is C20H29IN6OS. The molecule has 3 aromatic heterocycles. The minimum Gasteiger partial charge on any atom is -0.375 e. The number of hydrogen-bond donors (Lipinski definition) is 1. The van der Waals surface area contributed by atoms with E-state index in [-0.39, 0.29) is 30.1 Å². The van der Waals surface area contributed by atoms with Crippen LogP contribution in [0.5, 0.6) is 0 Å². The molecule has 3 rings (SSSR count). The third-order valence-electron chi connectivity index (χ3n) is 4.64. The molecule has 1 N–H and O–H groups in total. The molecule has 0 saturated heterocycles. The number of fused-ring (bicyclic) bond motifs is 1. The fourth-order valence-electron chi connectivity index (χ4n) is 3.01. The fraction of sp³-hybridized carbons (Fsp3) is 0.450. The molecule has 0 saturated carbocycles.